The Morgan fingerprint density at radius 3 is 2.13 bits per heavy atom. The molecule has 0 spiro atoms. The molecule has 0 saturated carbocycles. The summed E-state index contributed by atoms with van der Waals surface area (Å²) in [5.74, 6) is -0.483. The first-order valence-electron chi connectivity index (χ1n) is 4.44. The third-order valence-corrected chi connectivity index (χ3v) is 3.50. The minimum absolute atomic E-state index is 0.123. The minimum Gasteiger partial charge on any atom is -0.270 e. The van der Waals surface area contributed by atoms with Crippen LogP contribution in [0.2, 0.25) is 0 Å². The molecule has 1 aromatic carbocycles. The first-order valence-corrected chi connectivity index (χ1v) is 6.29. The van der Waals surface area contributed by atoms with Gasteiger partial charge in [-0.25, -0.2) is 12.8 Å². The van der Waals surface area contributed by atoms with Crippen molar-refractivity contribution in [2.45, 2.75) is 13.8 Å². The van der Waals surface area contributed by atoms with Gasteiger partial charge in [-0.15, -0.1) is 0 Å². The first kappa shape index (κ1) is 12.0. The number of anilines is 1. The Morgan fingerprint density at radius 1 is 1.20 bits per heavy atom. The number of rotatable bonds is 2. The SMILES string of the molecule is Cc1ccc(C)c(N(C)S(C)(=O)=O)c1F. The molecular weight excluding hydrogens is 217 g/mol. The van der Waals surface area contributed by atoms with Gasteiger partial charge in [-0.3, -0.25) is 4.31 Å². The average Bonchev–Trinajstić information content (AvgIpc) is 2.10. The van der Waals surface area contributed by atoms with Crippen molar-refractivity contribution < 1.29 is 12.8 Å². The van der Waals surface area contributed by atoms with Crippen molar-refractivity contribution in [2.75, 3.05) is 17.6 Å². The predicted molar refractivity (Wildman–Crippen MR) is 59.1 cm³/mol. The number of halogens is 1. The second kappa shape index (κ2) is 3.81. The van der Waals surface area contributed by atoms with Crippen molar-refractivity contribution in [1.82, 2.24) is 0 Å². The average molecular weight is 231 g/mol. The number of sulfonamides is 1. The van der Waals surface area contributed by atoms with Gasteiger partial charge in [0.1, 0.15) is 0 Å². The quantitative estimate of drug-likeness (QED) is 0.778. The molecule has 5 heteroatoms. The standard InChI is InChI=1S/C10H14FNO2S/c1-7-5-6-8(2)10(9(7)11)12(3)15(4,13)14/h5-6H,1-4H3. The highest BCUT2D eigenvalue weighted by Gasteiger charge is 2.19. The molecule has 0 aromatic heterocycles. The lowest BCUT2D eigenvalue weighted by Crippen LogP contribution is -2.26. The molecular formula is C10H14FNO2S. The van der Waals surface area contributed by atoms with E-state index in [0.717, 1.165) is 10.6 Å². The van der Waals surface area contributed by atoms with Gasteiger partial charge in [0.05, 0.1) is 11.9 Å². The van der Waals surface area contributed by atoms with Gasteiger partial charge < -0.3 is 0 Å². The molecule has 3 nitrogen and oxygen atoms in total. The number of hydrogen-bond donors (Lipinski definition) is 0. The molecule has 0 fully saturated rings. The van der Waals surface area contributed by atoms with E-state index in [-0.39, 0.29) is 5.69 Å². The highest BCUT2D eigenvalue weighted by Crippen LogP contribution is 2.26. The molecule has 0 aliphatic heterocycles. The number of hydrogen-bond acceptors (Lipinski definition) is 2. The van der Waals surface area contributed by atoms with Gasteiger partial charge in [0.25, 0.3) is 0 Å². The fourth-order valence-corrected chi connectivity index (χ4v) is 1.87. The summed E-state index contributed by atoms with van der Waals surface area (Å²) in [7, 11) is -2.08. The molecule has 0 saturated heterocycles. The highest BCUT2D eigenvalue weighted by atomic mass is 32.2. The van der Waals surface area contributed by atoms with Crippen molar-refractivity contribution >= 4 is 15.7 Å². The molecule has 0 amide bonds. The molecule has 1 aromatic rings. The summed E-state index contributed by atoms with van der Waals surface area (Å²) in [4.78, 5) is 0. The van der Waals surface area contributed by atoms with E-state index in [9.17, 15) is 12.8 Å². The Kier molecular flexibility index (Phi) is 3.04. The van der Waals surface area contributed by atoms with Crippen molar-refractivity contribution in [3.8, 4) is 0 Å². The Bertz CT molecular complexity index is 482. The van der Waals surface area contributed by atoms with Gasteiger partial charge in [0.15, 0.2) is 5.82 Å². The van der Waals surface area contributed by atoms with Crippen LogP contribution in [-0.2, 0) is 10.0 Å². The second-order valence-corrected chi connectivity index (χ2v) is 5.61. The fraction of sp³-hybridized carbons (Fsp3) is 0.400. The van der Waals surface area contributed by atoms with Gasteiger partial charge in [-0.1, -0.05) is 12.1 Å². The second-order valence-electron chi connectivity index (χ2n) is 3.59. The maximum absolute atomic E-state index is 13.7. The summed E-state index contributed by atoms with van der Waals surface area (Å²) < 4.78 is 37.3. The zero-order valence-corrected chi connectivity index (χ0v) is 10.0. The smallest absolute Gasteiger partial charge is 0.232 e. The summed E-state index contributed by atoms with van der Waals surface area (Å²) in [5.41, 5.74) is 1.16. The van der Waals surface area contributed by atoms with Crippen molar-refractivity contribution in [3.05, 3.63) is 29.1 Å². The number of nitrogens with zero attached hydrogens (tertiary/aromatic N) is 1. The third-order valence-electron chi connectivity index (χ3n) is 2.32. The Morgan fingerprint density at radius 2 is 1.67 bits per heavy atom. The Hall–Kier alpha value is -1.10. The summed E-state index contributed by atoms with van der Waals surface area (Å²) in [5, 5.41) is 0. The molecule has 0 unspecified atom stereocenters. The van der Waals surface area contributed by atoms with E-state index in [1.54, 1.807) is 26.0 Å². The Balaban J connectivity index is 3.44. The van der Waals surface area contributed by atoms with E-state index in [4.69, 9.17) is 0 Å². The van der Waals surface area contributed by atoms with Gasteiger partial charge in [-0.2, -0.15) is 0 Å². The van der Waals surface area contributed by atoms with E-state index in [2.05, 4.69) is 0 Å². The van der Waals surface area contributed by atoms with Crippen LogP contribution in [-0.4, -0.2) is 21.7 Å². The largest absolute Gasteiger partial charge is 0.270 e. The Labute approximate surface area is 89.6 Å². The molecule has 0 heterocycles. The van der Waals surface area contributed by atoms with Crippen molar-refractivity contribution in [1.29, 1.82) is 0 Å². The zero-order valence-electron chi connectivity index (χ0n) is 9.20. The molecule has 15 heavy (non-hydrogen) atoms. The van der Waals surface area contributed by atoms with Crippen LogP contribution in [0, 0.1) is 19.7 Å². The molecule has 0 aliphatic rings. The lowest BCUT2D eigenvalue weighted by atomic mass is 10.1. The van der Waals surface area contributed by atoms with E-state index >= 15 is 0 Å². The molecule has 0 atom stereocenters. The molecule has 0 radical (unpaired) electrons. The van der Waals surface area contributed by atoms with Crippen LogP contribution < -0.4 is 4.31 Å². The third kappa shape index (κ3) is 2.28. The van der Waals surface area contributed by atoms with Gasteiger partial charge in [0, 0.05) is 7.05 Å². The predicted octanol–water partition coefficient (Wildman–Crippen LogP) is 1.84. The van der Waals surface area contributed by atoms with E-state index in [0.29, 0.717) is 11.1 Å². The van der Waals surface area contributed by atoms with Gasteiger partial charge >= 0.3 is 0 Å². The zero-order chi connectivity index (χ0) is 11.8. The maximum atomic E-state index is 13.7. The summed E-state index contributed by atoms with van der Waals surface area (Å²) >= 11 is 0. The van der Waals surface area contributed by atoms with Gasteiger partial charge in [0.2, 0.25) is 10.0 Å². The summed E-state index contributed by atoms with van der Waals surface area (Å²) in [6.07, 6.45) is 1.05. The number of benzene rings is 1. The molecule has 1 rings (SSSR count). The van der Waals surface area contributed by atoms with Gasteiger partial charge in [-0.05, 0) is 25.0 Å². The van der Waals surface area contributed by atoms with Crippen LogP contribution >= 0.6 is 0 Å². The maximum Gasteiger partial charge on any atom is 0.232 e. The van der Waals surface area contributed by atoms with E-state index < -0.39 is 15.8 Å². The van der Waals surface area contributed by atoms with Crippen LogP contribution in [0.1, 0.15) is 11.1 Å². The molecule has 0 bridgehead atoms. The summed E-state index contributed by atoms with van der Waals surface area (Å²) in [6, 6.07) is 3.33. The normalized spacial score (nSPS) is 11.5. The fourth-order valence-electron chi connectivity index (χ4n) is 1.31. The lowest BCUT2D eigenvalue weighted by Gasteiger charge is -2.20. The monoisotopic (exact) mass is 231 g/mol. The van der Waals surface area contributed by atoms with E-state index in [1.807, 2.05) is 0 Å². The molecule has 84 valence electrons. The highest BCUT2D eigenvalue weighted by molar-refractivity contribution is 7.92. The lowest BCUT2D eigenvalue weighted by molar-refractivity contribution is 0.593. The van der Waals surface area contributed by atoms with Crippen molar-refractivity contribution in [2.24, 2.45) is 0 Å². The molecule has 0 N–H and O–H groups in total. The van der Waals surface area contributed by atoms with Crippen LogP contribution in [0.25, 0.3) is 0 Å². The van der Waals surface area contributed by atoms with Crippen LogP contribution in [0.5, 0.6) is 0 Å². The van der Waals surface area contributed by atoms with Crippen LogP contribution in [0.15, 0.2) is 12.1 Å². The van der Waals surface area contributed by atoms with E-state index in [1.165, 1.54) is 7.05 Å². The van der Waals surface area contributed by atoms with Crippen LogP contribution in [0.3, 0.4) is 0 Å². The topological polar surface area (TPSA) is 37.4 Å². The summed E-state index contributed by atoms with van der Waals surface area (Å²) in [6.45, 7) is 3.29. The van der Waals surface area contributed by atoms with Crippen LogP contribution in [0.4, 0.5) is 10.1 Å². The molecule has 0 aliphatic carbocycles. The van der Waals surface area contributed by atoms with Crippen molar-refractivity contribution in [3.63, 3.8) is 0 Å². The first-order chi connectivity index (χ1) is 6.75. The number of aryl methyl sites for hydroxylation is 2. The minimum atomic E-state index is -3.42.